The van der Waals surface area contributed by atoms with Crippen molar-refractivity contribution in [1.82, 2.24) is 4.31 Å². The molecule has 4 nitrogen and oxygen atoms in total. The lowest BCUT2D eigenvalue weighted by molar-refractivity contribution is 0.540. The number of halogens is 1. The summed E-state index contributed by atoms with van der Waals surface area (Å²) in [7, 11) is -3.60. The van der Waals surface area contributed by atoms with Crippen molar-refractivity contribution in [2.45, 2.75) is 24.5 Å². The number of thioether (sulfide) groups is 1. The summed E-state index contributed by atoms with van der Waals surface area (Å²) in [6.45, 7) is 4.98. The first-order valence-electron chi connectivity index (χ1n) is 7.89. The van der Waals surface area contributed by atoms with Gasteiger partial charge < -0.3 is 0 Å². The van der Waals surface area contributed by atoms with Crippen molar-refractivity contribution in [3.05, 3.63) is 64.2 Å². The van der Waals surface area contributed by atoms with Crippen LogP contribution in [-0.2, 0) is 15.8 Å². The summed E-state index contributed by atoms with van der Waals surface area (Å²) in [5, 5.41) is 1.06. The Morgan fingerprint density at radius 2 is 1.88 bits per heavy atom. The summed E-state index contributed by atoms with van der Waals surface area (Å²) >= 11 is 7.32. The molecule has 7 heteroatoms. The minimum absolute atomic E-state index is 0.235. The van der Waals surface area contributed by atoms with Crippen molar-refractivity contribution < 1.29 is 8.42 Å². The maximum Gasteiger partial charge on any atom is 0.265 e. The van der Waals surface area contributed by atoms with E-state index in [1.54, 1.807) is 12.1 Å². The molecule has 2 aromatic rings. The first kappa shape index (κ1) is 18.3. The van der Waals surface area contributed by atoms with Crippen LogP contribution in [-0.4, -0.2) is 31.0 Å². The van der Waals surface area contributed by atoms with Crippen molar-refractivity contribution in [2.75, 3.05) is 13.1 Å². The number of rotatable bonds is 4. The molecule has 0 saturated heterocycles. The van der Waals surface area contributed by atoms with Crippen LogP contribution in [0.1, 0.15) is 16.7 Å². The fourth-order valence-electron chi connectivity index (χ4n) is 2.58. The smallest absolute Gasteiger partial charge is 0.260 e. The van der Waals surface area contributed by atoms with Gasteiger partial charge in [-0.2, -0.15) is 0 Å². The Labute approximate surface area is 158 Å². The van der Waals surface area contributed by atoms with Crippen LogP contribution >= 0.6 is 23.4 Å². The number of nitrogens with zero attached hydrogens (tertiary/aromatic N) is 2. The highest BCUT2D eigenvalue weighted by Crippen LogP contribution is 2.27. The summed E-state index contributed by atoms with van der Waals surface area (Å²) in [5.74, 6) is 0.693. The molecule has 0 unspecified atom stereocenters. The van der Waals surface area contributed by atoms with Crippen LogP contribution in [0.5, 0.6) is 0 Å². The normalized spacial score (nSPS) is 14.7. The van der Waals surface area contributed by atoms with Gasteiger partial charge in [0.1, 0.15) is 0 Å². The summed E-state index contributed by atoms with van der Waals surface area (Å²) < 4.78 is 27.1. The van der Waals surface area contributed by atoms with Gasteiger partial charge in [0.25, 0.3) is 10.0 Å². The largest absolute Gasteiger partial charge is 0.265 e. The highest BCUT2D eigenvalue weighted by Gasteiger charge is 2.30. The predicted octanol–water partition coefficient (Wildman–Crippen LogP) is 4.25. The van der Waals surface area contributed by atoms with Crippen LogP contribution in [0.4, 0.5) is 0 Å². The van der Waals surface area contributed by atoms with E-state index in [1.165, 1.54) is 44.9 Å². The monoisotopic (exact) mass is 394 g/mol. The SMILES string of the molecule is Cc1ccc(C)c(CSC2=NCCN2S(=O)(=O)c2ccc(Cl)cc2)c1. The maximum atomic E-state index is 12.9. The molecule has 0 radical (unpaired) electrons. The van der Waals surface area contributed by atoms with Gasteiger partial charge in [0, 0.05) is 10.8 Å². The lowest BCUT2D eigenvalue weighted by atomic mass is 10.1. The fraction of sp³-hybridized carbons (Fsp3) is 0.278. The molecule has 1 heterocycles. The molecule has 132 valence electrons. The topological polar surface area (TPSA) is 49.7 Å². The van der Waals surface area contributed by atoms with Gasteiger partial charge in [-0.1, -0.05) is 47.1 Å². The lowest BCUT2D eigenvalue weighted by Crippen LogP contribution is -2.32. The van der Waals surface area contributed by atoms with Crippen molar-refractivity contribution in [3.63, 3.8) is 0 Å². The van der Waals surface area contributed by atoms with Gasteiger partial charge in [0.15, 0.2) is 5.17 Å². The highest BCUT2D eigenvalue weighted by atomic mass is 35.5. The molecule has 1 aliphatic rings. The zero-order valence-electron chi connectivity index (χ0n) is 14.1. The third-order valence-corrected chi connectivity index (χ3v) is 7.26. The summed E-state index contributed by atoms with van der Waals surface area (Å²) in [6.07, 6.45) is 0. The van der Waals surface area contributed by atoms with Gasteiger partial charge >= 0.3 is 0 Å². The van der Waals surface area contributed by atoms with E-state index in [9.17, 15) is 8.42 Å². The Morgan fingerprint density at radius 3 is 2.60 bits per heavy atom. The number of hydrogen-bond donors (Lipinski definition) is 0. The highest BCUT2D eigenvalue weighted by molar-refractivity contribution is 8.14. The van der Waals surface area contributed by atoms with E-state index in [2.05, 4.69) is 37.0 Å². The van der Waals surface area contributed by atoms with Crippen LogP contribution in [0.25, 0.3) is 0 Å². The molecule has 0 saturated carbocycles. The molecule has 0 N–H and O–H groups in total. The number of hydrogen-bond acceptors (Lipinski definition) is 4. The van der Waals surface area contributed by atoms with E-state index >= 15 is 0 Å². The van der Waals surface area contributed by atoms with Gasteiger partial charge in [-0.05, 0) is 49.2 Å². The zero-order valence-corrected chi connectivity index (χ0v) is 16.5. The molecule has 0 aromatic heterocycles. The predicted molar refractivity (Wildman–Crippen MR) is 105 cm³/mol. The minimum atomic E-state index is -3.60. The average Bonchev–Trinajstić information content (AvgIpc) is 3.05. The van der Waals surface area contributed by atoms with E-state index in [4.69, 9.17) is 11.6 Å². The summed E-state index contributed by atoms with van der Waals surface area (Å²) in [4.78, 5) is 4.63. The molecular weight excluding hydrogens is 376 g/mol. The number of aryl methyl sites for hydroxylation is 2. The van der Waals surface area contributed by atoms with Gasteiger partial charge in [0.05, 0.1) is 18.0 Å². The Morgan fingerprint density at radius 1 is 1.16 bits per heavy atom. The summed E-state index contributed by atoms with van der Waals surface area (Å²) in [6, 6.07) is 12.5. The maximum absolute atomic E-state index is 12.9. The molecule has 0 bridgehead atoms. The van der Waals surface area contributed by atoms with Crippen LogP contribution in [0, 0.1) is 13.8 Å². The molecule has 0 atom stereocenters. The standard InChI is InChI=1S/C18H19ClN2O2S2/c1-13-3-4-14(2)15(11-13)12-24-18-20-9-10-21(18)25(22,23)17-7-5-16(19)6-8-17/h3-8,11H,9-10,12H2,1-2H3. The van der Waals surface area contributed by atoms with E-state index in [0.717, 1.165) is 0 Å². The number of aliphatic imine (C=N–C) groups is 1. The number of benzene rings is 2. The lowest BCUT2D eigenvalue weighted by Gasteiger charge is -2.20. The van der Waals surface area contributed by atoms with Gasteiger partial charge in [0.2, 0.25) is 0 Å². The Bertz CT molecular complexity index is 909. The molecule has 0 aliphatic carbocycles. The molecular formula is C18H19ClN2O2S2. The minimum Gasteiger partial charge on any atom is -0.260 e. The second-order valence-corrected chi connectivity index (χ2v) is 9.16. The second kappa shape index (κ2) is 7.40. The van der Waals surface area contributed by atoms with Crippen molar-refractivity contribution in [1.29, 1.82) is 0 Å². The average molecular weight is 395 g/mol. The van der Waals surface area contributed by atoms with Crippen LogP contribution < -0.4 is 0 Å². The molecule has 25 heavy (non-hydrogen) atoms. The molecule has 3 rings (SSSR count). The fourth-order valence-corrected chi connectivity index (χ4v) is 5.50. The van der Waals surface area contributed by atoms with Gasteiger partial charge in [-0.3, -0.25) is 4.99 Å². The molecule has 0 spiro atoms. The third-order valence-electron chi connectivity index (χ3n) is 4.03. The number of sulfonamides is 1. The molecule has 2 aromatic carbocycles. The van der Waals surface area contributed by atoms with Crippen molar-refractivity contribution in [3.8, 4) is 0 Å². The molecule has 0 amide bonds. The quantitative estimate of drug-likeness (QED) is 0.778. The van der Waals surface area contributed by atoms with E-state index in [-0.39, 0.29) is 4.90 Å². The van der Waals surface area contributed by atoms with Gasteiger partial charge in [-0.15, -0.1) is 0 Å². The van der Waals surface area contributed by atoms with Gasteiger partial charge in [-0.25, -0.2) is 12.7 Å². The van der Waals surface area contributed by atoms with Crippen LogP contribution in [0.3, 0.4) is 0 Å². The Hall–Kier alpha value is -1.50. The number of amidine groups is 1. The van der Waals surface area contributed by atoms with E-state index in [1.807, 2.05) is 0 Å². The first-order chi connectivity index (χ1) is 11.9. The van der Waals surface area contributed by atoms with Crippen LogP contribution in [0.15, 0.2) is 52.4 Å². The van der Waals surface area contributed by atoms with Crippen molar-refractivity contribution >= 4 is 38.6 Å². The van der Waals surface area contributed by atoms with E-state index in [0.29, 0.717) is 29.0 Å². The Kier molecular flexibility index (Phi) is 5.41. The molecule has 1 aliphatic heterocycles. The first-order valence-corrected chi connectivity index (χ1v) is 10.7. The van der Waals surface area contributed by atoms with Crippen molar-refractivity contribution in [2.24, 2.45) is 4.99 Å². The third kappa shape index (κ3) is 4.02. The Balaban J connectivity index is 1.78. The zero-order chi connectivity index (χ0) is 18.0. The summed E-state index contributed by atoms with van der Waals surface area (Å²) in [5.41, 5.74) is 3.59. The van der Waals surface area contributed by atoms with Crippen LogP contribution in [0.2, 0.25) is 5.02 Å². The molecule has 0 fully saturated rings. The second-order valence-electron chi connectivity index (χ2n) is 5.91. The van der Waals surface area contributed by atoms with E-state index < -0.39 is 10.0 Å².